The Bertz CT molecular complexity index is 1720. The van der Waals surface area contributed by atoms with Crippen molar-refractivity contribution in [3.8, 4) is 17.3 Å². The number of nitrogens with zero attached hydrogens (tertiary/aromatic N) is 5. The fraction of sp³-hybridized carbons (Fsp3) is 0.533. The SMILES string of the molecule is Cc1cc2[nH]c(=O)[nH]c2c(-c2ncc3c(N4CCC[C@@](C)(O)C4)nc(OCC45CCCN4CCC5)nc3c2F)c1C. The average molecular weight is 562 g/mol. The number of halogens is 1. The molecule has 0 unspecified atom stereocenters. The molecule has 0 spiro atoms. The lowest BCUT2D eigenvalue weighted by atomic mass is 9.95. The van der Waals surface area contributed by atoms with Crippen LogP contribution in [0.25, 0.3) is 33.2 Å². The van der Waals surface area contributed by atoms with Gasteiger partial charge in [0.05, 0.1) is 27.6 Å². The highest BCUT2D eigenvalue weighted by atomic mass is 19.1. The van der Waals surface area contributed by atoms with Gasteiger partial charge >= 0.3 is 11.7 Å². The van der Waals surface area contributed by atoms with E-state index in [2.05, 4.69) is 24.8 Å². The van der Waals surface area contributed by atoms with E-state index in [1.54, 1.807) is 6.20 Å². The van der Waals surface area contributed by atoms with Crippen LogP contribution in [0.3, 0.4) is 0 Å². The maximum absolute atomic E-state index is 16.6. The highest BCUT2D eigenvalue weighted by Crippen LogP contribution is 2.40. The summed E-state index contributed by atoms with van der Waals surface area (Å²) in [5.74, 6) is -0.0883. The normalized spacial score (nSPS) is 22.6. The van der Waals surface area contributed by atoms with Crippen LogP contribution in [-0.4, -0.2) is 78.9 Å². The van der Waals surface area contributed by atoms with Gasteiger partial charge in [0.1, 0.15) is 23.6 Å². The van der Waals surface area contributed by atoms with Gasteiger partial charge in [-0.15, -0.1) is 0 Å². The Morgan fingerprint density at radius 2 is 1.85 bits per heavy atom. The topological polar surface area (TPSA) is 123 Å². The summed E-state index contributed by atoms with van der Waals surface area (Å²) in [6.07, 6.45) is 7.49. The van der Waals surface area contributed by atoms with Gasteiger partial charge in [-0.25, -0.2) is 9.18 Å². The Hall–Kier alpha value is -3.57. The summed E-state index contributed by atoms with van der Waals surface area (Å²) in [7, 11) is 0. The number of β-amino-alcohol motifs (C(OH)–C–C–N with tert-alkyl or cyclic N) is 1. The van der Waals surface area contributed by atoms with E-state index < -0.39 is 11.4 Å². The van der Waals surface area contributed by atoms with Crippen molar-refractivity contribution < 1.29 is 14.2 Å². The number of imidazole rings is 1. The largest absolute Gasteiger partial charge is 0.461 e. The Kier molecular flexibility index (Phi) is 6.09. The van der Waals surface area contributed by atoms with E-state index in [1.165, 1.54) is 0 Å². The van der Waals surface area contributed by atoms with E-state index >= 15 is 4.39 Å². The molecule has 7 rings (SSSR count). The van der Waals surface area contributed by atoms with Crippen LogP contribution in [0.2, 0.25) is 0 Å². The molecular formula is C30H36FN7O3. The number of pyridine rings is 1. The monoisotopic (exact) mass is 561 g/mol. The number of benzene rings is 1. The van der Waals surface area contributed by atoms with E-state index in [-0.39, 0.29) is 28.4 Å². The van der Waals surface area contributed by atoms with E-state index in [9.17, 15) is 9.90 Å². The highest BCUT2D eigenvalue weighted by molar-refractivity contribution is 5.98. The number of nitrogens with one attached hydrogen (secondary N) is 2. The van der Waals surface area contributed by atoms with Crippen LogP contribution in [0.1, 0.15) is 56.6 Å². The van der Waals surface area contributed by atoms with Gasteiger partial charge in [-0.3, -0.25) is 9.88 Å². The van der Waals surface area contributed by atoms with Crippen molar-refractivity contribution in [2.45, 2.75) is 70.4 Å². The first kappa shape index (κ1) is 26.3. The molecule has 11 heteroatoms. The summed E-state index contributed by atoms with van der Waals surface area (Å²) in [6.45, 7) is 9.27. The van der Waals surface area contributed by atoms with E-state index in [4.69, 9.17) is 9.72 Å². The predicted molar refractivity (Wildman–Crippen MR) is 155 cm³/mol. The predicted octanol–water partition coefficient (Wildman–Crippen LogP) is 3.98. The maximum Gasteiger partial charge on any atom is 0.323 e. The zero-order chi connectivity index (χ0) is 28.5. The molecule has 6 heterocycles. The fourth-order valence-electron chi connectivity index (χ4n) is 7.27. The molecule has 1 atom stereocenters. The second-order valence-electron chi connectivity index (χ2n) is 12.4. The maximum atomic E-state index is 16.6. The smallest absolute Gasteiger partial charge is 0.323 e. The Balaban J connectivity index is 1.38. The molecule has 3 N–H and O–H groups in total. The summed E-state index contributed by atoms with van der Waals surface area (Å²) in [6, 6.07) is 2.00. The molecule has 0 aliphatic carbocycles. The lowest BCUT2D eigenvalue weighted by Gasteiger charge is -2.38. The van der Waals surface area contributed by atoms with Crippen LogP contribution in [0.5, 0.6) is 6.01 Å². The first-order chi connectivity index (χ1) is 19.6. The lowest BCUT2D eigenvalue weighted by molar-refractivity contribution is 0.0447. The molecule has 10 nitrogen and oxygen atoms in total. The molecule has 3 saturated heterocycles. The van der Waals surface area contributed by atoms with Gasteiger partial charge < -0.3 is 24.7 Å². The van der Waals surface area contributed by atoms with E-state index in [0.29, 0.717) is 53.9 Å². The molecule has 41 heavy (non-hydrogen) atoms. The molecule has 3 aliphatic rings. The fourth-order valence-corrected chi connectivity index (χ4v) is 7.27. The molecule has 0 amide bonds. The number of aromatic amines is 2. The Morgan fingerprint density at radius 1 is 1.10 bits per heavy atom. The van der Waals surface area contributed by atoms with Crippen molar-refractivity contribution in [2.24, 2.45) is 0 Å². The van der Waals surface area contributed by atoms with Crippen LogP contribution in [0.15, 0.2) is 17.1 Å². The molecule has 0 bridgehead atoms. The standard InChI is InChI=1S/C30H36FN7O3/c1-17-13-20-24(34-27(39)33-20)21(18(17)2)25-22(31)23-19(14-32-25)26(37-10-4-7-29(3,40)15-37)36-28(35-23)41-16-30-8-5-11-38(30)12-6-9-30/h13-14,40H,4-12,15-16H2,1-3H3,(H2,33,34,39)/t29-/m1/s1. The number of aryl methyl sites for hydroxylation is 1. The quantitative estimate of drug-likeness (QED) is 0.335. The van der Waals surface area contributed by atoms with Crippen molar-refractivity contribution in [2.75, 3.05) is 37.7 Å². The van der Waals surface area contributed by atoms with Crippen LogP contribution in [0.4, 0.5) is 10.2 Å². The molecule has 0 radical (unpaired) electrons. The van der Waals surface area contributed by atoms with Gasteiger partial charge in [0.15, 0.2) is 5.82 Å². The molecule has 3 fully saturated rings. The average Bonchev–Trinajstić information content (AvgIpc) is 3.62. The number of hydrogen-bond acceptors (Lipinski definition) is 8. The minimum Gasteiger partial charge on any atom is -0.461 e. The summed E-state index contributed by atoms with van der Waals surface area (Å²) in [4.78, 5) is 36.3. The zero-order valence-electron chi connectivity index (χ0n) is 23.8. The highest BCUT2D eigenvalue weighted by Gasteiger charge is 2.45. The molecule has 4 aromatic rings. The van der Waals surface area contributed by atoms with Crippen molar-refractivity contribution >= 4 is 27.8 Å². The molecule has 3 aromatic heterocycles. The number of rotatable bonds is 5. The molecule has 1 aromatic carbocycles. The van der Waals surface area contributed by atoms with Crippen LogP contribution in [0, 0.1) is 19.7 Å². The summed E-state index contributed by atoms with van der Waals surface area (Å²) in [5, 5.41) is 11.3. The van der Waals surface area contributed by atoms with Gasteiger partial charge in [0, 0.05) is 24.8 Å². The van der Waals surface area contributed by atoms with E-state index in [0.717, 1.165) is 56.3 Å². The third-order valence-electron chi connectivity index (χ3n) is 9.47. The first-order valence-corrected chi connectivity index (χ1v) is 14.6. The third-order valence-corrected chi connectivity index (χ3v) is 9.47. The second kappa shape index (κ2) is 9.49. The number of fused-ring (bicyclic) bond motifs is 3. The minimum absolute atomic E-state index is 0.0142. The number of piperidine rings is 1. The number of aliphatic hydroxyl groups is 1. The van der Waals surface area contributed by atoms with Crippen molar-refractivity contribution in [3.63, 3.8) is 0 Å². The zero-order valence-corrected chi connectivity index (χ0v) is 23.8. The summed E-state index contributed by atoms with van der Waals surface area (Å²) >= 11 is 0. The number of anilines is 1. The van der Waals surface area contributed by atoms with Gasteiger partial charge in [-0.1, -0.05) is 0 Å². The number of aromatic nitrogens is 5. The Morgan fingerprint density at radius 3 is 2.61 bits per heavy atom. The number of hydrogen-bond donors (Lipinski definition) is 3. The second-order valence-corrected chi connectivity index (χ2v) is 12.4. The van der Waals surface area contributed by atoms with Gasteiger partial charge in [-0.05, 0) is 89.6 Å². The molecular weight excluding hydrogens is 525 g/mol. The van der Waals surface area contributed by atoms with Crippen LogP contribution >= 0.6 is 0 Å². The van der Waals surface area contributed by atoms with Gasteiger partial charge in [0.2, 0.25) is 0 Å². The summed E-state index contributed by atoms with van der Waals surface area (Å²) < 4.78 is 23.0. The molecule has 216 valence electrons. The third kappa shape index (κ3) is 4.37. The molecule has 3 aliphatic heterocycles. The van der Waals surface area contributed by atoms with Crippen molar-refractivity contribution in [1.29, 1.82) is 0 Å². The van der Waals surface area contributed by atoms with Gasteiger partial charge in [-0.2, -0.15) is 9.97 Å². The number of ether oxygens (including phenoxy) is 1. The van der Waals surface area contributed by atoms with E-state index in [1.807, 2.05) is 31.7 Å². The van der Waals surface area contributed by atoms with Gasteiger partial charge in [0.25, 0.3) is 0 Å². The lowest BCUT2D eigenvalue weighted by Crippen LogP contribution is -2.46. The van der Waals surface area contributed by atoms with Crippen molar-refractivity contribution in [1.82, 2.24) is 29.8 Å². The minimum atomic E-state index is -0.889. The number of H-pyrrole nitrogens is 2. The Labute approximate surface area is 237 Å². The molecule has 0 saturated carbocycles. The first-order valence-electron chi connectivity index (χ1n) is 14.6. The van der Waals surface area contributed by atoms with Crippen LogP contribution in [-0.2, 0) is 0 Å². The van der Waals surface area contributed by atoms with Crippen molar-refractivity contribution in [3.05, 3.63) is 39.7 Å². The summed E-state index contributed by atoms with van der Waals surface area (Å²) in [5.41, 5.74) is 2.29. The van der Waals surface area contributed by atoms with Crippen LogP contribution < -0.4 is 15.3 Å².